The Hall–Kier alpha value is -3.17. The quantitative estimate of drug-likeness (QED) is 0.689. The molecule has 1 amide bonds. The summed E-state index contributed by atoms with van der Waals surface area (Å²) in [6.07, 6.45) is -0.837. The number of aromatic nitrogens is 4. The van der Waals surface area contributed by atoms with E-state index in [-0.39, 0.29) is 6.54 Å². The number of benzene rings is 1. The number of nitrogens with zero attached hydrogens (tertiary/aromatic N) is 4. The summed E-state index contributed by atoms with van der Waals surface area (Å²) in [6, 6.07) is 4.35. The third-order valence-corrected chi connectivity index (χ3v) is 5.19. The van der Waals surface area contributed by atoms with E-state index in [0.29, 0.717) is 28.2 Å². The second-order valence-corrected chi connectivity index (χ2v) is 7.54. The maximum absolute atomic E-state index is 12.8. The summed E-state index contributed by atoms with van der Waals surface area (Å²) in [4.78, 5) is 25.2. The first-order chi connectivity index (χ1) is 14.1. The molecule has 7 nitrogen and oxygen atoms in total. The van der Waals surface area contributed by atoms with Crippen LogP contribution >= 0.6 is 0 Å². The van der Waals surface area contributed by atoms with Crippen LogP contribution in [0.15, 0.2) is 35.3 Å². The first kappa shape index (κ1) is 20.1. The lowest BCUT2D eigenvalue weighted by Gasteiger charge is -2.16. The van der Waals surface area contributed by atoms with Crippen LogP contribution in [-0.4, -0.2) is 25.5 Å². The summed E-state index contributed by atoms with van der Waals surface area (Å²) < 4.78 is 40.9. The third kappa shape index (κ3) is 3.81. The van der Waals surface area contributed by atoms with Gasteiger partial charge in [-0.2, -0.15) is 23.4 Å². The van der Waals surface area contributed by atoms with Gasteiger partial charge in [-0.3, -0.25) is 14.3 Å². The lowest BCUT2D eigenvalue weighted by atomic mass is 10.1. The first-order valence-electron chi connectivity index (χ1n) is 9.56. The summed E-state index contributed by atoms with van der Waals surface area (Å²) in [5.41, 5.74) is 0.630. The van der Waals surface area contributed by atoms with Crippen LogP contribution < -0.4 is 10.9 Å². The highest BCUT2D eigenvalue weighted by Crippen LogP contribution is 2.36. The Morgan fingerprint density at radius 2 is 1.93 bits per heavy atom. The molecule has 0 aliphatic heterocycles. The Labute approximate surface area is 169 Å². The fraction of sp³-hybridized carbons (Fsp3) is 0.400. The molecule has 0 saturated heterocycles. The lowest BCUT2D eigenvalue weighted by molar-refractivity contribution is -0.137. The minimum absolute atomic E-state index is 0.297. The SMILES string of the molecule is Cc1nn(C2CC2)c2cnn(CC(=O)N[C@H](C)c3ccc(C(F)(F)F)cc3)c(=O)c12. The van der Waals surface area contributed by atoms with Crippen molar-refractivity contribution in [3.63, 3.8) is 0 Å². The van der Waals surface area contributed by atoms with Gasteiger partial charge in [0.2, 0.25) is 5.91 Å². The van der Waals surface area contributed by atoms with E-state index in [1.165, 1.54) is 12.1 Å². The summed E-state index contributed by atoms with van der Waals surface area (Å²) in [7, 11) is 0. The molecule has 0 bridgehead atoms. The standard InChI is InChI=1S/C20H20F3N5O2/c1-11(13-3-5-14(6-4-13)20(21,22)23)25-17(29)10-27-19(30)18-12(2)26-28(15-7-8-15)16(18)9-24-27/h3-6,9,11,15H,7-8,10H2,1-2H3,(H,25,29)/t11-/m1/s1. The number of rotatable bonds is 5. The number of carbonyl (C=O) groups is 1. The molecule has 3 aromatic rings. The Balaban J connectivity index is 1.48. The minimum atomic E-state index is -4.41. The first-order valence-corrected chi connectivity index (χ1v) is 9.56. The van der Waals surface area contributed by atoms with Crippen LogP contribution in [0.1, 0.15) is 48.7 Å². The molecule has 1 aliphatic carbocycles. The van der Waals surface area contributed by atoms with Crippen molar-refractivity contribution < 1.29 is 18.0 Å². The fourth-order valence-electron chi connectivity index (χ4n) is 3.44. The van der Waals surface area contributed by atoms with E-state index in [9.17, 15) is 22.8 Å². The van der Waals surface area contributed by atoms with Gasteiger partial charge in [-0.1, -0.05) is 12.1 Å². The number of alkyl halides is 3. The molecule has 1 saturated carbocycles. The van der Waals surface area contributed by atoms with Gasteiger partial charge in [0.1, 0.15) is 6.54 Å². The van der Waals surface area contributed by atoms with Crippen molar-refractivity contribution in [3.8, 4) is 0 Å². The van der Waals surface area contributed by atoms with Gasteiger partial charge in [0.15, 0.2) is 0 Å². The molecule has 158 valence electrons. The molecule has 1 aliphatic rings. The average molecular weight is 419 g/mol. The van der Waals surface area contributed by atoms with Crippen molar-refractivity contribution in [2.24, 2.45) is 0 Å². The molecule has 0 radical (unpaired) electrons. The molecule has 1 fully saturated rings. The van der Waals surface area contributed by atoms with E-state index in [0.717, 1.165) is 29.7 Å². The van der Waals surface area contributed by atoms with Gasteiger partial charge in [-0.15, -0.1) is 0 Å². The summed E-state index contributed by atoms with van der Waals surface area (Å²) in [5, 5.41) is 11.7. The van der Waals surface area contributed by atoms with Crippen molar-refractivity contribution in [3.05, 3.63) is 57.6 Å². The minimum Gasteiger partial charge on any atom is -0.348 e. The van der Waals surface area contributed by atoms with Gasteiger partial charge in [0, 0.05) is 0 Å². The monoisotopic (exact) mass is 419 g/mol. The van der Waals surface area contributed by atoms with Crippen LogP contribution in [0, 0.1) is 6.92 Å². The smallest absolute Gasteiger partial charge is 0.348 e. The van der Waals surface area contributed by atoms with E-state index in [2.05, 4.69) is 15.5 Å². The van der Waals surface area contributed by atoms with E-state index in [1.807, 2.05) is 4.68 Å². The number of aryl methyl sites for hydroxylation is 1. The number of carbonyl (C=O) groups excluding carboxylic acids is 1. The van der Waals surface area contributed by atoms with E-state index in [1.54, 1.807) is 20.0 Å². The third-order valence-electron chi connectivity index (χ3n) is 5.19. The van der Waals surface area contributed by atoms with Crippen LogP contribution in [-0.2, 0) is 17.5 Å². The summed E-state index contributed by atoms with van der Waals surface area (Å²) in [5.74, 6) is -0.469. The zero-order valence-electron chi connectivity index (χ0n) is 16.4. The normalized spacial score (nSPS) is 15.4. The van der Waals surface area contributed by atoms with Gasteiger partial charge in [0.25, 0.3) is 5.56 Å². The molecular weight excluding hydrogens is 399 g/mol. The molecule has 30 heavy (non-hydrogen) atoms. The number of hydrogen-bond donors (Lipinski definition) is 1. The van der Waals surface area contributed by atoms with Crippen molar-refractivity contribution in [1.29, 1.82) is 0 Å². The van der Waals surface area contributed by atoms with Crippen molar-refractivity contribution >= 4 is 16.8 Å². The second-order valence-electron chi connectivity index (χ2n) is 7.54. The van der Waals surface area contributed by atoms with Gasteiger partial charge in [-0.25, -0.2) is 4.68 Å². The largest absolute Gasteiger partial charge is 0.416 e. The Morgan fingerprint density at radius 3 is 2.53 bits per heavy atom. The Morgan fingerprint density at radius 1 is 1.27 bits per heavy atom. The Bertz CT molecular complexity index is 1160. The molecule has 1 atom stereocenters. The molecule has 2 aromatic heterocycles. The van der Waals surface area contributed by atoms with Crippen LogP contribution in [0.4, 0.5) is 13.2 Å². The number of fused-ring (bicyclic) bond motifs is 1. The number of halogens is 3. The van der Waals surface area contributed by atoms with Crippen molar-refractivity contribution in [2.75, 3.05) is 0 Å². The maximum atomic E-state index is 12.8. The highest BCUT2D eigenvalue weighted by Gasteiger charge is 2.30. The summed E-state index contributed by atoms with van der Waals surface area (Å²) >= 11 is 0. The van der Waals surface area contributed by atoms with Gasteiger partial charge in [0.05, 0.1) is 40.4 Å². The summed E-state index contributed by atoms with van der Waals surface area (Å²) in [6.45, 7) is 3.11. The molecule has 10 heteroatoms. The molecular formula is C20H20F3N5O2. The lowest BCUT2D eigenvalue weighted by Crippen LogP contribution is -2.35. The predicted octanol–water partition coefficient (Wildman–Crippen LogP) is 3.13. The van der Waals surface area contributed by atoms with Gasteiger partial charge < -0.3 is 5.32 Å². The van der Waals surface area contributed by atoms with Crippen molar-refractivity contribution in [2.45, 2.75) is 51.5 Å². The van der Waals surface area contributed by atoms with Crippen molar-refractivity contribution in [1.82, 2.24) is 24.9 Å². The molecule has 0 spiro atoms. The molecule has 1 aromatic carbocycles. The molecule has 0 unspecified atom stereocenters. The fourth-order valence-corrected chi connectivity index (χ4v) is 3.44. The highest BCUT2D eigenvalue weighted by atomic mass is 19.4. The average Bonchev–Trinajstić information content (AvgIpc) is 3.47. The van der Waals surface area contributed by atoms with E-state index < -0.39 is 29.2 Å². The zero-order chi connectivity index (χ0) is 21.6. The van der Waals surface area contributed by atoms with E-state index >= 15 is 0 Å². The van der Waals surface area contributed by atoms with E-state index in [4.69, 9.17) is 0 Å². The Kier molecular flexibility index (Phi) is 4.87. The van der Waals surface area contributed by atoms with Gasteiger partial charge >= 0.3 is 6.18 Å². The molecule has 2 heterocycles. The number of amides is 1. The van der Waals surface area contributed by atoms with Gasteiger partial charge in [-0.05, 0) is 44.4 Å². The maximum Gasteiger partial charge on any atom is 0.416 e. The second kappa shape index (κ2) is 7.26. The molecule has 4 rings (SSSR count). The number of hydrogen-bond acceptors (Lipinski definition) is 4. The number of nitrogens with one attached hydrogen (secondary N) is 1. The van der Waals surface area contributed by atoms with Crippen LogP contribution in [0.25, 0.3) is 10.9 Å². The van der Waals surface area contributed by atoms with Crippen LogP contribution in [0.5, 0.6) is 0 Å². The topological polar surface area (TPSA) is 81.8 Å². The highest BCUT2D eigenvalue weighted by molar-refractivity contribution is 5.81. The zero-order valence-corrected chi connectivity index (χ0v) is 16.4. The predicted molar refractivity (Wildman–Crippen MR) is 103 cm³/mol. The van der Waals surface area contributed by atoms with Crippen LogP contribution in [0.2, 0.25) is 0 Å². The van der Waals surface area contributed by atoms with Crippen LogP contribution in [0.3, 0.4) is 0 Å². The molecule has 1 N–H and O–H groups in total.